The summed E-state index contributed by atoms with van der Waals surface area (Å²) in [5, 5.41) is 14.0. The molecule has 7 nitrogen and oxygen atoms in total. The number of halogens is 1. The fraction of sp³-hybridized carbons (Fsp3) is 0.320. The van der Waals surface area contributed by atoms with Gasteiger partial charge in [0, 0.05) is 35.2 Å². The second-order valence-electron chi connectivity index (χ2n) is 8.06. The molecule has 0 unspecified atom stereocenters. The summed E-state index contributed by atoms with van der Waals surface area (Å²) in [7, 11) is 0. The molecule has 0 bridgehead atoms. The second-order valence-corrected chi connectivity index (χ2v) is 8.98. The Morgan fingerprint density at radius 2 is 1.91 bits per heavy atom. The first kappa shape index (κ1) is 22.0. The number of para-hydroxylation sites is 1. The van der Waals surface area contributed by atoms with Gasteiger partial charge in [-0.15, -0.1) is 0 Å². The Kier molecular flexibility index (Phi) is 6.66. The Balaban J connectivity index is 1.43. The number of phenolic OH excluding ortho intramolecular Hbond substituents is 1. The smallest absolute Gasteiger partial charge is 0.231 e. The highest BCUT2D eigenvalue weighted by Gasteiger charge is 2.20. The molecule has 0 radical (unpaired) electrons. The van der Waals surface area contributed by atoms with Crippen molar-refractivity contribution in [3.63, 3.8) is 0 Å². The predicted molar refractivity (Wildman–Crippen MR) is 131 cm³/mol. The van der Waals surface area contributed by atoms with Gasteiger partial charge in [0.05, 0.1) is 18.9 Å². The molecule has 2 N–H and O–H groups in total. The molecule has 1 saturated heterocycles. The van der Waals surface area contributed by atoms with E-state index in [9.17, 15) is 5.11 Å². The molecule has 172 valence electrons. The standard InChI is InChI=1S/C25H26BrN3O4/c26-18-5-6-22(30)20(15-18)21-13-17(19-3-1-4-23-25(19)33-16-32-23)14-24(28-21)27-7-2-8-29-9-11-31-12-10-29/h1,3-6,13-15,30H,2,7-12,16H2,(H,27,28). The van der Waals surface area contributed by atoms with E-state index in [4.69, 9.17) is 19.2 Å². The number of nitrogens with zero attached hydrogens (tertiary/aromatic N) is 2. The van der Waals surface area contributed by atoms with Gasteiger partial charge in [0.1, 0.15) is 11.6 Å². The van der Waals surface area contributed by atoms with E-state index >= 15 is 0 Å². The molecule has 1 aromatic heterocycles. The monoisotopic (exact) mass is 511 g/mol. The van der Waals surface area contributed by atoms with Crippen molar-refractivity contribution in [3.05, 3.63) is 53.0 Å². The molecule has 2 aliphatic heterocycles. The molecule has 0 amide bonds. The number of rotatable bonds is 7. The molecule has 0 atom stereocenters. The third-order valence-electron chi connectivity index (χ3n) is 5.83. The van der Waals surface area contributed by atoms with Crippen LogP contribution in [-0.4, -0.2) is 61.2 Å². The summed E-state index contributed by atoms with van der Waals surface area (Å²) in [6, 6.07) is 15.2. The summed E-state index contributed by atoms with van der Waals surface area (Å²) >= 11 is 3.50. The number of anilines is 1. The van der Waals surface area contributed by atoms with Crippen molar-refractivity contribution in [2.24, 2.45) is 0 Å². The van der Waals surface area contributed by atoms with Gasteiger partial charge in [-0.25, -0.2) is 4.98 Å². The minimum Gasteiger partial charge on any atom is -0.507 e. The van der Waals surface area contributed by atoms with Gasteiger partial charge in [-0.1, -0.05) is 28.1 Å². The zero-order valence-electron chi connectivity index (χ0n) is 18.2. The number of benzene rings is 2. The number of morpholine rings is 1. The van der Waals surface area contributed by atoms with Gasteiger partial charge in [-0.05, 0) is 54.9 Å². The Labute approximate surface area is 201 Å². The van der Waals surface area contributed by atoms with Crippen molar-refractivity contribution >= 4 is 21.7 Å². The van der Waals surface area contributed by atoms with Crippen LogP contribution < -0.4 is 14.8 Å². The highest BCUT2D eigenvalue weighted by atomic mass is 79.9. The Hall–Kier alpha value is -2.81. The Morgan fingerprint density at radius 3 is 2.79 bits per heavy atom. The summed E-state index contributed by atoms with van der Waals surface area (Å²) in [5.74, 6) is 2.39. The van der Waals surface area contributed by atoms with Crippen molar-refractivity contribution in [1.82, 2.24) is 9.88 Å². The van der Waals surface area contributed by atoms with Crippen molar-refractivity contribution in [2.75, 3.05) is 51.5 Å². The zero-order chi connectivity index (χ0) is 22.6. The minimum atomic E-state index is 0.180. The van der Waals surface area contributed by atoms with Crippen molar-refractivity contribution < 1.29 is 19.3 Å². The first-order valence-corrected chi connectivity index (χ1v) is 11.9. The van der Waals surface area contributed by atoms with Crippen molar-refractivity contribution in [3.8, 4) is 39.6 Å². The van der Waals surface area contributed by atoms with Crippen molar-refractivity contribution in [2.45, 2.75) is 6.42 Å². The summed E-state index contributed by atoms with van der Waals surface area (Å²) in [6.45, 7) is 5.62. The lowest BCUT2D eigenvalue weighted by Gasteiger charge is -2.26. The number of hydrogen-bond donors (Lipinski definition) is 2. The second kappa shape index (κ2) is 9.99. The molecule has 2 aliphatic rings. The first-order valence-electron chi connectivity index (χ1n) is 11.1. The molecule has 3 aromatic rings. The number of phenols is 1. The summed E-state index contributed by atoms with van der Waals surface area (Å²) < 4.78 is 17.6. The third kappa shape index (κ3) is 5.08. The molecule has 0 spiro atoms. The van der Waals surface area contributed by atoms with Gasteiger partial charge in [0.25, 0.3) is 0 Å². The van der Waals surface area contributed by atoms with Gasteiger partial charge in [0.15, 0.2) is 11.5 Å². The van der Waals surface area contributed by atoms with E-state index in [0.717, 1.165) is 78.7 Å². The van der Waals surface area contributed by atoms with Crippen LogP contribution in [0.5, 0.6) is 17.2 Å². The van der Waals surface area contributed by atoms with Gasteiger partial charge in [-0.3, -0.25) is 4.90 Å². The number of hydrogen-bond acceptors (Lipinski definition) is 7. The van der Waals surface area contributed by atoms with E-state index < -0.39 is 0 Å². The molecule has 2 aromatic carbocycles. The van der Waals surface area contributed by atoms with Crippen LogP contribution in [0, 0.1) is 0 Å². The van der Waals surface area contributed by atoms with Gasteiger partial charge in [0.2, 0.25) is 6.79 Å². The SMILES string of the molecule is Oc1ccc(Br)cc1-c1cc(-c2cccc3c2OCO3)cc(NCCCN2CCOCC2)n1. The summed E-state index contributed by atoms with van der Waals surface area (Å²) in [5.41, 5.74) is 3.21. The Bertz CT molecular complexity index is 1130. The van der Waals surface area contributed by atoms with Gasteiger partial charge < -0.3 is 24.6 Å². The van der Waals surface area contributed by atoms with E-state index in [0.29, 0.717) is 11.3 Å². The topological polar surface area (TPSA) is 76.1 Å². The molecule has 8 heteroatoms. The number of aromatic nitrogens is 1. The number of ether oxygens (including phenoxy) is 3. The van der Waals surface area contributed by atoms with Crippen LogP contribution in [0.2, 0.25) is 0 Å². The quantitative estimate of drug-likeness (QED) is 0.443. The first-order chi connectivity index (χ1) is 16.2. The van der Waals surface area contributed by atoms with Crippen LogP contribution in [-0.2, 0) is 4.74 Å². The molecule has 5 rings (SSSR count). The van der Waals surface area contributed by atoms with Crippen LogP contribution in [0.15, 0.2) is 53.0 Å². The van der Waals surface area contributed by atoms with Crippen LogP contribution in [0.1, 0.15) is 6.42 Å². The number of fused-ring (bicyclic) bond motifs is 1. The maximum absolute atomic E-state index is 10.5. The minimum absolute atomic E-state index is 0.180. The molecule has 0 saturated carbocycles. The lowest BCUT2D eigenvalue weighted by Crippen LogP contribution is -2.37. The van der Waals surface area contributed by atoms with E-state index in [1.54, 1.807) is 6.07 Å². The molecule has 0 aliphatic carbocycles. The number of pyridine rings is 1. The Morgan fingerprint density at radius 1 is 1.03 bits per heavy atom. The molecule has 1 fully saturated rings. The summed E-state index contributed by atoms with van der Waals surface area (Å²) in [6.07, 6.45) is 1.00. The van der Waals surface area contributed by atoms with E-state index in [-0.39, 0.29) is 12.5 Å². The molecule has 33 heavy (non-hydrogen) atoms. The van der Waals surface area contributed by atoms with Crippen LogP contribution in [0.3, 0.4) is 0 Å². The largest absolute Gasteiger partial charge is 0.507 e. The maximum atomic E-state index is 10.5. The zero-order valence-corrected chi connectivity index (χ0v) is 19.8. The highest BCUT2D eigenvalue weighted by Crippen LogP contribution is 2.43. The van der Waals surface area contributed by atoms with Crippen LogP contribution >= 0.6 is 15.9 Å². The maximum Gasteiger partial charge on any atom is 0.231 e. The molecule has 3 heterocycles. The van der Waals surface area contributed by atoms with Gasteiger partial charge >= 0.3 is 0 Å². The van der Waals surface area contributed by atoms with Crippen LogP contribution in [0.4, 0.5) is 5.82 Å². The van der Waals surface area contributed by atoms with Gasteiger partial charge in [-0.2, -0.15) is 0 Å². The predicted octanol–water partition coefficient (Wildman–Crippen LogP) is 4.75. The average Bonchev–Trinajstić information content (AvgIpc) is 3.33. The summed E-state index contributed by atoms with van der Waals surface area (Å²) in [4.78, 5) is 7.23. The molecular weight excluding hydrogens is 486 g/mol. The lowest BCUT2D eigenvalue weighted by molar-refractivity contribution is 0.0378. The van der Waals surface area contributed by atoms with Crippen LogP contribution in [0.25, 0.3) is 22.4 Å². The van der Waals surface area contributed by atoms with Crippen molar-refractivity contribution in [1.29, 1.82) is 0 Å². The number of nitrogens with one attached hydrogen (secondary N) is 1. The third-order valence-corrected chi connectivity index (χ3v) is 6.32. The number of aromatic hydroxyl groups is 1. The molecular formula is C25H26BrN3O4. The van der Waals surface area contributed by atoms with E-state index in [2.05, 4.69) is 26.1 Å². The van der Waals surface area contributed by atoms with E-state index in [1.165, 1.54) is 0 Å². The van der Waals surface area contributed by atoms with E-state index in [1.807, 2.05) is 42.5 Å². The highest BCUT2D eigenvalue weighted by molar-refractivity contribution is 9.10. The fourth-order valence-corrected chi connectivity index (χ4v) is 4.49. The fourth-order valence-electron chi connectivity index (χ4n) is 4.13. The average molecular weight is 512 g/mol. The normalized spacial score (nSPS) is 15.5. The lowest BCUT2D eigenvalue weighted by atomic mass is 10.0.